The fourth-order valence-electron chi connectivity index (χ4n) is 2.40. The molecule has 0 aromatic heterocycles. The Morgan fingerprint density at radius 3 is 2.69 bits per heavy atom. The van der Waals surface area contributed by atoms with Gasteiger partial charge < -0.3 is 10.1 Å². The van der Waals surface area contributed by atoms with Gasteiger partial charge in [-0.15, -0.1) is 0 Å². The van der Waals surface area contributed by atoms with Crippen LogP contribution in [-0.4, -0.2) is 13.7 Å². The van der Waals surface area contributed by atoms with E-state index < -0.39 is 0 Å². The molecule has 1 N–H and O–H groups in total. The summed E-state index contributed by atoms with van der Waals surface area (Å²) < 4.78 is 5.43. The van der Waals surface area contributed by atoms with Gasteiger partial charge in [0, 0.05) is 6.04 Å². The molecule has 1 aliphatic heterocycles. The highest BCUT2D eigenvalue weighted by Crippen LogP contribution is 2.30. The molecule has 0 amide bonds. The minimum atomic E-state index is 0.516. The van der Waals surface area contributed by atoms with Crippen LogP contribution in [0.5, 0.6) is 5.75 Å². The van der Waals surface area contributed by atoms with Crippen LogP contribution in [-0.2, 0) is 0 Å². The van der Waals surface area contributed by atoms with E-state index in [0.29, 0.717) is 6.04 Å². The van der Waals surface area contributed by atoms with Crippen molar-refractivity contribution in [2.45, 2.75) is 39.2 Å². The first kappa shape index (κ1) is 11.5. The maximum atomic E-state index is 5.43. The Kier molecular flexibility index (Phi) is 3.49. The standard InChI is InChI=1S/C14H21NO/c1-10-8-12(9-14(16-3)11(10)2)13-6-4-5-7-15-13/h8-9,13,15H,4-7H2,1-3H3. The number of methoxy groups -OCH3 is 1. The fraction of sp³-hybridized carbons (Fsp3) is 0.571. The van der Waals surface area contributed by atoms with E-state index in [0.717, 1.165) is 12.3 Å². The Morgan fingerprint density at radius 2 is 2.06 bits per heavy atom. The predicted octanol–water partition coefficient (Wildman–Crippen LogP) is 3.13. The molecule has 16 heavy (non-hydrogen) atoms. The fourth-order valence-corrected chi connectivity index (χ4v) is 2.40. The van der Waals surface area contributed by atoms with Crippen molar-refractivity contribution in [3.8, 4) is 5.75 Å². The van der Waals surface area contributed by atoms with Crippen LogP contribution < -0.4 is 10.1 Å². The molecule has 1 fully saturated rings. The highest BCUT2D eigenvalue weighted by Gasteiger charge is 2.16. The lowest BCUT2D eigenvalue weighted by Crippen LogP contribution is -2.26. The third kappa shape index (κ3) is 2.22. The van der Waals surface area contributed by atoms with Crippen LogP contribution in [0.15, 0.2) is 12.1 Å². The van der Waals surface area contributed by atoms with Crippen molar-refractivity contribution >= 4 is 0 Å². The molecule has 1 aliphatic rings. The minimum absolute atomic E-state index is 0.516. The van der Waals surface area contributed by atoms with E-state index >= 15 is 0 Å². The average molecular weight is 219 g/mol. The van der Waals surface area contributed by atoms with Gasteiger partial charge in [-0.1, -0.05) is 12.5 Å². The zero-order chi connectivity index (χ0) is 11.5. The summed E-state index contributed by atoms with van der Waals surface area (Å²) in [7, 11) is 1.75. The topological polar surface area (TPSA) is 21.3 Å². The third-order valence-electron chi connectivity index (χ3n) is 3.57. The second kappa shape index (κ2) is 4.88. The lowest BCUT2D eigenvalue weighted by molar-refractivity contribution is 0.398. The van der Waals surface area contributed by atoms with E-state index in [9.17, 15) is 0 Å². The Hall–Kier alpha value is -1.02. The first-order valence-corrected chi connectivity index (χ1v) is 6.11. The number of nitrogens with one attached hydrogen (secondary N) is 1. The molecule has 1 unspecified atom stereocenters. The van der Waals surface area contributed by atoms with Gasteiger partial charge >= 0.3 is 0 Å². The number of aryl methyl sites for hydroxylation is 1. The molecule has 0 saturated carbocycles. The maximum absolute atomic E-state index is 5.43. The van der Waals surface area contributed by atoms with Crippen molar-refractivity contribution in [3.63, 3.8) is 0 Å². The van der Waals surface area contributed by atoms with Crippen molar-refractivity contribution in [2.75, 3.05) is 13.7 Å². The summed E-state index contributed by atoms with van der Waals surface area (Å²) >= 11 is 0. The van der Waals surface area contributed by atoms with Gasteiger partial charge in [0.15, 0.2) is 0 Å². The van der Waals surface area contributed by atoms with Crippen LogP contribution in [0, 0.1) is 13.8 Å². The van der Waals surface area contributed by atoms with Crippen molar-refractivity contribution in [1.29, 1.82) is 0 Å². The Morgan fingerprint density at radius 1 is 1.25 bits per heavy atom. The molecular weight excluding hydrogens is 198 g/mol. The van der Waals surface area contributed by atoms with Gasteiger partial charge in [0.05, 0.1) is 7.11 Å². The predicted molar refractivity (Wildman–Crippen MR) is 67.1 cm³/mol. The summed E-state index contributed by atoms with van der Waals surface area (Å²) in [5, 5.41) is 3.58. The van der Waals surface area contributed by atoms with Crippen LogP contribution in [0.25, 0.3) is 0 Å². The van der Waals surface area contributed by atoms with Gasteiger partial charge in [-0.3, -0.25) is 0 Å². The lowest BCUT2D eigenvalue weighted by Gasteiger charge is -2.25. The second-order valence-electron chi connectivity index (χ2n) is 4.67. The molecule has 2 heteroatoms. The summed E-state index contributed by atoms with van der Waals surface area (Å²) in [4.78, 5) is 0. The smallest absolute Gasteiger partial charge is 0.122 e. The van der Waals surface area contributed by atoms with Gasteiger partial charge in [0.1, 0.15) is 5.75 Å². The van der Waals surface area contributed by atoms with Crippen LogP contribution >= 0.6 is 0 Å². The second-order valence-corrected chi connectivity index (χ2v) is 4.67. The largest absolute Gasteiger partial charge is 0.496 e. The molecule has 1 saturated heterocycles. The van der Waals surface area contributed by atoms with Crippen LogP contribution in [0.1, 0.15) is 42.0 Å². The van der Waals surface area contributed by atoms with E-state index in [1.54, 1.807) is 7.11 Å². The zero-order valence-corrected chi connectivity index (χ0v) is 10.5. The Balaban J connectivity index is 2.29. The minimum Gasteiger partial charge on any atom is -0.496 e. The van der Waals surface area contributed by atoms with Crippen LogP contribution in [0.3, 0.4) is 0 Å². The molecule has 0 spiro atoms. The third-order valence-corrected chi connectivity index (χ3v) is 3.57. The first-order valence-electron chi connectivity index (χ1n) is 6.11. The molecule has 1 aromatic rings. The van der Waals surface area contributed by atoms with Gasteiger partial charge in [0.25, 0.3) is 0 Å². The van der Waals surface area contributed by atoms with Crippen LogP contribution in [0.4, 0.5) is 0 Å². The van der Waals surface area contributed by atoms with E-state index in [1.165, 1.54) is 36.0 Å². The highest BCUT2D eigenvalue weighted by molar-refractivity contribution is 5.43. The lowest BCUT2D eigenvalue weighted by atomic mass is 9.94. The summed E-state index contributed by atoms with van der Waals surface area (Å²) in [6.45, 7) is 5.41. The number of benzene rings is 1. The highest BCUT2D eigenvalue weighted by atomic mass is 16.5. The molecule has 1 aromatic carbocycles. The molecule has 2 rings (SSSR count). The molecular formula is C14H21NO. The van der Waals surface area contributed by atoms with Gasteiger partial charge in [-0.2, -0.15) is 0 Å². The van der Waals surface area contributed by atoms with Crippen LogP contribution in [0.2, 0.25) is 0 Å². The Bertz CT molecular complexity index is 367. The van der Waals surface area contributed by atoms with Crippen molar-refractivity contribution < 1.29 is 4.74 Å². The quantitative estimate of drug-likeness (QED) is 0.825. The number of hydrogen-bond donors (Lipinski definition) is 1. The van der Waals surface area contributed by atoms with Crippen molar-refractivity contribution in [3.05, 3.63) is 28.8 Å². The summed E-state index contributed by atoms with van der Waals surface area (Å²) in [5.41, 5.74) is 3.95. The van der Waals surface area contributed by atoms with E-state index in [4.69, 9.17) is 4.74 Å². The Labute approximate surface area is 98.0 Å². The molecule has 1 heterocycles. The summed E-state index contributed by atoms with van der Waals surface area (Å²) in [5.74, 6) is 1.02. The number of ether oxygens (including phenoxy) is 1. The van der Waals surface area contributed by atoms with Gasteiger partial charge in [-0.25, -0.2) is 0 Å². The molecule has 0 bridgehead atoms. The summed E-state index contributed by atoms with van der Waals surface area (Å²) in [6.07, 6.45) is 3.87. The molecule has 1 atom stereocenters. The van der Waals surface area contributed by atoms with Gasteiger partial charge in [-0.05, 0) is 56.0 Å². The molecule has 0 radical (unpaired) electrons. The number of rotatable bonds is 2. The number of hydrogen-bond acceptors (Lipinski definition) is 2. The average Bonchev–Trinajstić information content (AvgIpc) is 2.33. The molecule has 88 valence electrons. The van der Waals surface area contributed by atoms with Crippen molar-refractivity contribution in [1.82, 2.24) is 5.32 Å². The van der Waals surface area contributed by atoms with E-state index in [2.05, 4.69) is 31.3 Å². The monoisotopic (exact) mass is 219 g/mol. The SMILES string of the molecule is COc1cc(C2CCCCN2)cc(C)c1C. The van der Waals surface area contributed by atoms with Gasteiger partial charge in [0.2, 0.25) is 0 Å². The zero-order valence-electron chi connectivity index (χ0n) is 10.5. The first-order chi connectivity index (χ1) is 7.72. The molecule has 0 aliphatic carbocycles. The normalized spacial score (nSPS) is 20.8. The summed E-state index contributed by atoms with van der Waals surface area (Å²) in [6, 6.07) is 4.99. The van der Waals surface area contributed by atoms with E-state index in [1.807, 2.05) is 0 Å². The van der Waals surface area contributed by atoms with E-state index in [-0.39, 0.29) is 0 Å². The number of piperidine rings is 1. The van der Waals surface area contributed by atoms with Crippen molar-refractivity contribution in [2.24, 2.45) is 0 Å². The molecule has 2 nitrogen and oxygen atoms in total. The maximum Gasteiger partial charge on any atom is 0.122 e.